The summed E-state index contributed by atoms with van der Waals surface area (Å²) in [4.78, 5) is 2.56. The highest BCUT2D eigenvalue weighted by atomic mass is 16.5. The van der Waals surface area contributed by atoms with Crippen LogP contribution in [0.1, 0.15) is 36.8 Å². The number of aryl methyl sites for hydroxylation is 2. The number of ether oxygens (including phenoxy) is 1. The maximum Gasteiger partial charge on any atom is 0.122 e. The maximum absolute atomic E-state index is 5.97. The molecule has 0 radical (unpaired) electrons. The molecule has 0 amide bonds. The number of benzene rings is 1. The van der Waals surface area contributed by atoms with Gasteiger partial charge >= 0.3 is 0 Å². The lowest BCUT2D eigenvalue weighted by molar-refractivity contribution is 0.118. The molecule has 1 aliphatic heterocycles. The van der Waals surface area contributed by atoms with E-state index in [-0.39, 0.29) is 0 Å². The van der Waals surface area contributed by atoms with E-state index in [1.165, 1.54) is 36.9 Å². The molecule has 20 heavy (non-hydrogen) atoms. The fraction of sp³-hybridized carbons (Fsp3) is 0.647. The van der Waals surface area contributed by atoms with Crippen molar-refractivity contribution in [1.82, 2.24) is 4.90 Å². The van der Waals surface area contributed by atoms with Gasteiger partial charge in [-0.3, -0.25) is 4.90 Å². The van der Waals surface area contributed by atoms with Gasteiger partial charge in [-0.1, -0.05) is 18.6 Å². The lowest BCUT2D eigenvalue weighted by Gasteiger charge is -2.35. The molecular formula is C17H28N2O. The lowest BCUT2D eigenvalue weighted by atomic mass is 9.99. The fourth-order valence-corrected chi connectivity index (χ4v) is 3.01. The highest BCUT2D eigenvalue weighted by Gasteiger charge is 2.21. The van der Waals surface area contributed by atoms with Crippen LogP contribution in [0.15, 0.2) is 18.2 Å². The third kappa shape index (κ3) is 4.22. The molecule has 1 aromatic carbocycles. The Hall–Kier alpha value is -1.06. The number of nitrogens with zero attached hydrogens (tertiary/aromatic N) is 1. The van der Waals surface area contributed by atoms with Gasteiger partial charge in [-0.15, -0.1) is 0 Å². The zero-order valence-corrected chi connectivity index (χ0v) is 12.9. The summed E-state index contributed by atoms with van der Waals surface area (Å²) in [7, 11) is 0. The van der Waals surface area contributed by atoms with Gasteiger partial charge in [0.05, 0.1) is 0 Å². The van der Waals surface area contributed by atoms with Crippen molar-refractivity contribution in [2.24, 2.45) is 5.73 Å². The molecule has 1 unspecified atom stereocenters. The first-order valence-corrected chi connectivity index (χ1v) is 7.85. The zero-order valence-electron chi connectivity index (χ0n) is 12.9. The smallest absolute Gasteiger partial charge is 0.122 e. The Kier molecular flexibility index (Phi) is 5.86. The first-order valence-electron chi connectivity index (χ1n) is 7.85. The minimum absolute atomic E-state index is 0.663. The van der Waals surface area contributed by atoms with Crippen LogP contribution in [0.4, 0.5) is 0 Å². The minimum Gasteiger partial charge on any atom is -0.492 e. The molecule has 1 atom stereocenters. The zero-order chi connectivity index (χ0) is 14.4. The molecule has 3 nitrogen and oxygen atoms in total. The van der Waals surface area contributed by atoms with E-state index in [2.05, 4.69) is 36.9 Å². The Labute approximate surface area is 123 Å². The monoisotopic (exact) mass is 276 g/mol. The van der Waals surface area contributed by atoms with Gasteiger partial charge in [-0.25, -0.2) is 0 Å². The van der Waals surface area contributed by atoms with Crippen LogP contribution in [0, 0.1) is 13.8 Å². The summed E-state index contributed by atoms with van der Waals surface area (Å²) in [5.41, 5.74) is 8.19. The third-order valence-electron chi connectivity index (χ3n) is 4.23. The number of piperidine rings is 1. The average molecular weight is 276 g/mol. The van der Waals surface area contributed by atoms with Crippen LogP contribution in [0.3, 0.4) is 0 Å². The summed E-state index contributed by atoms with van der Waals surface area (Å²) < 4.78 is 5.97. The van der Waals surface area contributed by atoms with Crippen LogP contribution in [0.25, 0.3) is 0 Å². The van der Waals surface area contributed by atoms with Gasteiger partial charge < -0.3 is 10.5 Å². The van der Waals surface area contributed by atoms with E-state index in [1.807, 2.05) is 0 Å². The van der Waals surface area contributed by atoms with Crippen LogP contribution in [0.5, 0.6) is 5.75 Å². The van der Waals surface area contributed by atoms with E-state index in [4.69, 9.17) is 10.5 Å². The standard InChI is InChI=1S/C17H28N2O/c1-14-6-7-15(2)17(13-14)20-12-11-19-10-4-3-5-16(19)8-9-18/h6-7,13,16H,3-5,8-12,18H2,1-2H3. The molecule has 0 aromatic heterocycles. The predicted octanol–water partition coefficient (Wildman–Crippen LogP) is 2.89. The van der Waals surface area contributed by atoms with Crippen molar-refractivity contribution < 1.29 is 4.74 Å². The summed E-state index contributed by atoms with van der Waals surface area (Å²) in [6.07, 6.45) is 5.06. The Morgan fingerprint density at radius 3 is 2.95 bits per heavy atom. The molecule has 1 aliphatic rings. The quantitative estimate of drug-likeness (QED) is 0.868. The second-order valence-electron chi connectivity index (χ2n) is 5.88. The molecule has 0 aliphatic carbocycles. The molecule has 1 aromatic rings. The Balaban J connectivity index is 1.83. The van der Waals surface area contributed by atoms with Crippen molar-refractivity contribution in [3.8, 4) is 5.75 Å². The number of hydrogen-bond donors (Lipinski definition) is 1. The number of rotatable bonds is 6. The minimum atomic E-state index is 0.663. The number of likely N-dealkylation sites (tertiary alicyclic amines) is 1. The number of hydrogen-bond acceptors (Lipinski definition) is 3. The first kappa shape index (κ1) is 15.3. The first-order chi connectivity index (χ1) is 9.70. The average Bonchev–Trinajstić information content (AvgIpc) is 2.45. The summed E-state index contributed by atoms with van der Waals surface area (Å²) in [5, 5.41) is 0. The molecule has 0 spiro atoms. The van der Waals surface area contributed by atoms with Crippen LogP contribution < -0.4 is 10.5 Å². The molecule has 0 saturated carbocycles. The SMILES string of the molecule is Cc1ccc(C)c(OCCN2CCCCC2CCN)c1. The second-order valence-corrected chi connectivity index (χ2v) is 5.88. The summed E-state index contributed by atoms with van der Waals surface area (Å²) in [6.45, 7) is 7.98. The van der Waals surface area contributed by atoms with Crippen LogP contribution in [-0.2, 0) is 0 Å². The van der Waals surface area contributed by atoms with Crippen LogP contribution >= 0.6 is 0 Å². The summed E-state index contributed by atoms with van der Waals surface area (Å²) in [5.74, 6) is 1.03. The number of nitrogens with two attached hydrogens (primary N) is 1. The maximum atomic E-state index is 5.97. The Morgan fingerprint density at radius 1 is 1.30 bits per heavy atom. The van der Waals surface area contributed by atoms with Gasteiger partial charge in [0.1, 0.15) is 12.4 Å². The summed E-state index contributed by atoms with van der Waals surface area (Å²) >= 11 is 0. The van der Waals surface area contributed by atoms with Gasteiger partial charge in [-0.2, -0.15) is 0 Å². The van der Waals surface area contributed by atoms with Crippen LogP contribution in [0.2, 0.25) is 0 Å². The van der Waals surface area contributed by atoms with E-state index in [0.29, 0.717) is 6.04 Å². The molecule has 2 rings (SSSR count). The highest BCUT2D eigenvalue weighted by Crippen LogP contribution is 2.21. The largest absolute Gasteiger partial charge is 0.492 e. The lowest BCUT2D eigenvalue weighted by Crippen LogP contribution is -2.42. The normalized spacial score (nSPS) is 20.1. The van der Waals surface area contributed by atoms with Crippen molar-refractivity contribution in [3.63, 3.8) is 0 Å². The van der Waals surface area contributed by atoms with Crippen molar-refractivity contribution in [2.45, 2.75) is 45.6 Å². The van der Waals surface area contributed by atoms with Gasteiger partial charge in [-0.05, 0) is 63.4 Å². The molecule has 0 bridgehead atoms. The van der Waals surface area contributed by atoms with Gasteiger partial charge in [0, 0.05) is 12.6 Å². The highest BCUT2D eigenvalue weighted by molar-refractivity contribution is 5.35. The Morgan fingerprint density at radius 2 is 2.15 bits per heavy atom. The van der Waals surface area contributed by atoms with E-state index >= 15 is 0 Å². The molecule has 1 saturated heterocycles. The third-order valence-corrected chi connectivity index (χ3v) is 4.23. The van der Waals surface area contributed by atoms with Crippen molar-refractivity contribution >= 4 is 0 Å². The molecule has 1 fully saturated rings. The van der Waals surface area contributed by atoms with Crippen molar-refractivity contribution in [3.05, 3.63) is 29.3 Å². The van der Waals surface area contributed by atoms with Gasteiger partial charge in [0.15, 0.2) is 0 Å². The molecule has 3 heteroatoms. The molecule has 2 N–H and O–H groups in total. The van der Waals surface area contributed by atoms with Crippen molar-refractivity contribution in [2.75, 3.05) is 26.2 Å². The van der Waals surface area contributed by atoms with Crippen molar-refractivity contribution in [1.29, 1.82) is 0 Å². The Bertz CT molecular complexity index is 417. The van der Waals surface area contributed by atoms with E-state index in [9.17, 15) is 0 Å². The molecule has 112 valence electrons. The second kappa shape index (κ2) is 7.65. The van der Waals surface area contributed by atoms with E-state index in [1.54, 1.807) is 0 Å². The molecule has 1 heterocycles. The fourth-order valence-electron chi connectivity index (χ4n) is 3.01. The van der Waals surface area contributed by atoms with Gasteiger partial charge in [0.25, 0.3) is 0 Å². The van der Waals surface area contributed by atoms with E-state index in [0.717, 1.165) is 31.9 Å². The topological polar surface area (TPSA) is 38.5 Å². The molecular weight excluding hydrogens is 248 g/mol. The van der Waals surface area contributed by atoms with Crippen LogP contribution in [-0.4, -0.2) is 37.2 Å². The predicted molar refractivity (Wildman–Crippen MR) is 84.3 cm³/mol. The van der Waals surface area contributed by atoms with Gasteiger partial charge in [0.2, 0.25) is 0 Å². The van der Waals surface area contributed by atoms with E-state index < -0.39 is 0 Å². The summed E-state index contributed by atoms with van der Waals surface area (Å²) in [6, 6.07) is 7.05.